The van der Waals surface area contributed by atoms with E-state index in [-0.39, 0.29) is 5.82 Å². The van der Waals surface area contributed by atoms with Gasteiger partial charge in [-0.05, 0) is 6.92 Å². The standard InChI is InChI=1S/C5H7F2N3O/c1-2(8)4-9-5(3(6)7)11-10-4/h2-3H,8H2,1H3. The van der Waals surface area contributed by atoms with E-state index in [0.29, 0.717) is 0 Å². The molecule has 0 amide bonds. The molecule has 0 fully saturated rings. The number of nitrogens with two attached hydrogens (primary N) is 1. The number of halogens is 2. The van der Waals surface area contributed by atoms with Gasteiger partial charge in [0, 0.05) is 0 Å². The maximum Gasteiger partial charge on any atom is 0.315 e. The van der Waals surface area contributed by atoms with Gasteiger partial charge in [0.15, 0.2) is 5.82 Å². The van der Waals surface area contributed by atoms with E-state index >= 15 is 0 Å². The van der Waals surface area contributed by atoms with Gasteiger partial charge < -0.3 is 10.3 Å². The van der Waals surface area contributed by atoms with Crippen molar-refractivity contribution >= 4 is 0 Å². The summed E-state index contributed by atoms with van der Waals surface area (Å²) in [6.07, 6.45) is -2.73. The molecule has 0 aliphatic carbocycles. The highest BCUT2D eigenvalue weighted by molar-refractivity contribution is 4.91. The molecule has 6 heteroatoms. The number of hydrogen-bond acceptors (Lipinski definition) is 4. The van der Waals surface area contributed by atoms with Crippen LogP contribution in [0.3, 0.4) is 0 Å². The lowest BCUT2D eigenvalue weighted by atomic mass is 10.3. The highest BCUT2D eigenvalue weighted by atomic mass is 19.3. The highest BCUT2D eigenvalue weighted by Gasteiger charge is 2.17. The van der Waals surface area contributed by atoms with E-state index < -0.39 is 18.4 Å². The number of aromatic nitrogens is 2. The average Bonchev–Trinajstić information content (AvgIpc) is 2.33. The third-order valence-electron chi connectivity index (χ3n) is 1.05. The van der Waals surface area contributed by atoms with E-state index in [0.717, 1.165) is 0 Å². The Labute approximate surface area is 61.4 Å². The minimum atomic E-state index is -2.73. The van der Waals surface area contributed by atoms with Crippen molar-refractivity contribution in [1.82, 2.24) is 10.1 Å². The monoisotopic (exact) mass is 163 g/mol. The first-order chi connectivity index (χ1) is 5.11. The van der Waals surface area contributed by atoms with Gasteiger partial charge in [0.05, 0.1) is 6.04 Å². The maximum absolute atomic E-state index is 11.8. The molecule has 2 N–H and O–H groups in total. The lowest BCUT2D eigenvalue weighted by Gasteiger charge is -1.92. The summed E-state index contributed by atoms with van der Waals surface area (Å²) in [6.45, 7) is 1.58. The molecule has 0 bridgehead atoms. The molecule has 1 aromatic heterocycles. The second kappa shape index (κ2) is 2.91. The van der Waals surface area contributed by atoms with Gasteiger partial charge in [0.25, 0.3) is 5.89 Å². The highest BCUT2D eigenvalue weighted by Crippen LogP contribution is 2.17. The van der Waals surface area contributed by atoms with Gasteiger partial charge in [0.1, 0.15) is 0 Å². The number of hydrogen-bond donors (Lipinski definition) is 1. The average molecular weight is 163 g/mol. The molecule has 0 aromatic carbocycles. The zero-order chi connectivity index (χ0) is 8.43. The second-order valence-electron chi connectivity index (χ2n) is 2.08. The molecule has 0 radical (unpaired) electrons. The van der Waals surface area contributed by atoms with E-state index in [1.165, 1.54) is 0 Å². The fraction of sp³-hybridized carbons (Fsp3) is 0.600. The van der Waals surface area contributed by atoms with Crippen LogP contribution in [-0.4, -0.2) is 10.1 Å². The van der Waals surface area contributed by atoms with Gasteiger partial charge in [-0.25, -0.2) is 0 Å². The third-order valence-corrected chi connectivity index (χ3v) is 1.05. The topological polar surface area (TPSA) is 64.9 Å². The molecular weight excluding hydrogens is 156 g/mol. The normalized spacial score (nSPS) is 13.9. The summed E-state index contributed by atoms with van der Waals surface area (Å²) < 4.78 is 27.8. The molecule has 11 heavy (non-hydrogen) atoms. The Morgan fingerprint density at radius 1 is 1.55 bits per heavy atom. The van der Waals surface area contributed by atoms with Gasteiger partial charge in [-0.2, -0.15) is 13.8 Å². The number of alkyl halides is 2. The molecule has 0 aliphatic heterocycles. The molecule has 62 valence electrons. The minimum absolute atomic E-state index is 0.0975. The van der Waals surface area contributed by atoms with Gasteiger partial charge in [0.2, 0.25) is 0 Å². The van der Waals surface area contributed by atoms with Crippen molar-refractivity contribution in [3.63, 3.8) is 0 Å². The molecule has 1 unspecified atom stereocenters. The zero-order valence-electron chi connectivity index (χ0n) is 5.79. The molecule has 0 saturated heterocycles. The van der Waals surface area contributed by atoms with Crippen molar-refractivity contribution in [1.29, 1.82) is 0 Å². The Morgan fingerprint density at radius 2 is 2.18 bits per heavy atom. The van der Waals surface area contributed by atoms with Crippen molar-refractivity contribution in [2.24, 2.45) is 5.73 Å². The van der Waals surface area contributed by atoms with E-state index in [9.17, 15) is 8.78 Å². The maximum atomic E-state index is 11.8. The van der Waals surface area contributed by atoms with E-state index in [2.05, 4.69) is 14.7 Å². The lowest BCUT2D eigenvalue weighted by Crippen LogP contribution is -2.06. The van der Waals surface area contributed by atoms with Crippen LogP contribution < -0.4 is 5.73 Å². The smallest absolute Gasteiger partial charge is 0.315 e. The summed E-state index contributed by atoms with van der Waals surface area (Å²) in [6, 6.07) is -0.480. The molecule has 4 nitrogen and oxygen atoms in total. The molecule has 0 saturated carbocycles. The van der Waals surface area contributed by atoms with Gasteiger partial charge in [-0.3, -0.25) is 0 Å². The van der Waals surface area contributed by atoms with Crippen LogP contribution in [0.15, 0.2) is 4.52 Å². The van der Waals surface area contributed by atoms with Crippen LogP contribution in [0.5, 0.6) is 0 Å². The Morgan fingerprint density at radius 3 is 2.45 bits per heavy atom. The SMILES string of the molecule is CC(N)c1noc(C(F)F)n1. The fourth-order valence-electron chi connectivity index (χ4n) is 0.521. The van der Waals surface area contributed by atoms with Crippen LogP contribution in [0, 0.1) is 0 Å². The van der Waals surface area contributed by atoms with Crippen LogP contribution in [-0.2, 0) is 0 Å². The molecule has 1 rings (SSSR count). The summed E-state index contributed by atoms with van der Waals surface area (Å²) >= 11 is 0. The van der Waals surface area contributed by atoms with Crippen LogP contribution in [0.2, 0.25) is 0 Å². The Bertz CT molecular complexity index is 213. The molecule has 0 aliphatic rings. The fourth-order valence-corrected chi connectivity index (χ4v) is 0.521. The molecular formula is C5H7F2N3O. The predicted octanol–water partition coefficient (Wildman–Crippen LogP) is 1.03. The van der Waals surface area contributed by atoms with Crippen LogP contribution in [0.25, 0.3) is 0 Å². The van der Waals surface area contributed by atoms with Crippen LogP contribution in [0.1, 0.15) is 31.1 Å². The number of nitrogens with zero attached hydrogens (tertiary/aromatic N) is 2. The zero-order valence-corrected chi connectivity index (χ0v) is 5.79. The first-order valence-corrected chi connectivity index (χ1v) is 2.98. The molecule has 0 spiro atoms. The van der Waals surface area contributed by atoms with Crippen LogP contribution in [0.4, 0.5) is 8.78 Å². The Hall–Kier alpha value is -1.04. The molecule has 1 atom stereocenters. The van der Waals surface area contributed by atoms with Crippen molar-refractivity contribution in [3.05, 3.63) is 11.7 Å². The van der Waals surface area contributed by atoms with Crippen molar-refractivity contribution in [2.75, 3.05) is 0 Å². The summed E-state index contributed by atoms with van der Waals surface area (Å²) in [5, 5.41) is 3.25. The summed E-state index contributed by atoms with van der Waals surface area (Å²) in [5.74, 6) is -0.586. The van der Waals surface area contributed by atoms with E-state index in [1.807, 2.05) is 0 Å². The lowest BCUT2D eigenvalue weighted by molar-refractivity contribution is 0.106. The summed E-state index contributed by atoms with van der Waals surface area (Å²) in [4.78, 5) is 3.36. The van der Waals surface area contributed by atoms with Gasteiger partial charge in [-0.15, -0.1) is 0 Å². The number of rotatable bonds is 2. The largest absolute Gasteiger partial charge is 0.333 e. The predicted molar refractivity (Wildman–Crippen MR) is 31.9 cm³/mol. The van der Waals surface area contributed by atoms with E-state index in [1.54, 1.807) is 6.92 Å². The summed E-state index contributed by atoms with van der Waals surface area (Å²) in [5.41, 5.74) is 5.30. The van der Waals surface area contributed by atoms with E-state index in [4.69, 9.17) is 5.73 Å². The van der Waals surface area contributed by atoms with Crippen LogP contribution >= 0.6 is 0 Å². The van der Waals surface area contributed by atoms with Gasteiger partial charge >= 0.3 is 6.43 Å². The first kappa shape index (κ1) is 8.06. The second-order valence-corrected chi connectivity index (χ2v) is 2.08. The Kier molecular flexibility index (Phi) is 2.13. The summed E-state index contributed by atoms with van der Waals surface area (Å²) in [7, 11) is 0. The Balaban J connectivity index is 2.82. The third kappa shape index (κ3) is 1.70. The quantitative estimate of drug-likeness (QED) is 0.707. The van der Waals surface area contributed by atoms with Crippen molar-refractivity contribution in [2.45, 2.75) is 19.4 Å². The minimum Gasteiger partial charge on any atom is -0.333 e. The first-order valence-electron chi connectivity index (χ1n) is 2.98. The van der Waals surface area contributed by atoms with Crippen molar-refractivity contribution < 1.29 is 13.3 Å². The van der Waals surface area contributed by atoms with Gasteiger partial charge in [-0.1, -0.05) is 5.16 Å². The molecule has 1 heterocycles. The molecule has 1 aromatic rings. The van der Waals surface area contributed by atoms with Crippen molar-refractivity contribution in [3.8, 4) is 0 Å².